The van der Waals surface area contributed by atoms with Crippen LogP contribution in [-0.2, 0) is 4.74 Å². The molecule has 1 aliphatic heterocycles. The average Bonchev–Trinajstić information content (AvgIpc) is 2.26. The van der Waals surface area contributed by atoms with E-state index in [2.05, 4.69) is 32.6 Å². The Morgan fingerprint density at radius 1 is 1.38 bits per heavy atom. The summed E-state index contributed by atoms with van der Waals surface area (Å²) >= 11 is 0. The van der Waals surface area contributed by atoms with Crippen molar-refractivity contribution < 1.29 is 4.74 Å². The van der Waals surface area contributed by atoms with Gasteiger partial charge in [0.05, 0.1) is 11.6 Å². The Bertz CT molecular complexity index is 220. The monoisotopic (exact) mass is 228 g/mol. The van der Waals surface area contributed by atoms with E-state index in [9.17, 15) is 0 Å². The summed E-state index contributed by atoms with van der Waals surface area (Å²) in [5.74, 6) is 0. The maximum Gasteiger partial charge on any atom is 0.0736 e. The van der Waals surface area contributed by atoms with Crippen molar-refractivity contribution in [2.24, 2.45) is 11.1 Å². The van der Waals surface area contributed by atoms with Crippen molar-refractivity contribution in [3.63, 3.8) is 0 Å². The second-order valence-corrected chi connectivity index (χ2v) is 6.09. The lowest BCUT2D eigenvalue weighted by molar-refractivity contribution is -0.0518. The summed E-state index contributed by atoms with van der Waals surface area (Å²) in [6, 6.07) is 0. The molecular weight excluding hydrogens is 200 g/mol. The Morgan fingerprint density at radius 2 is 1.88 bits per heavy atom. The molecular formula is C13H28N2O. The van der Waals surface area contributed by atoms with Crippen molar-refractivity contribution in [2.75, 3.05) is 26.7 Å². The molecule has 2 unspecified atom stereocenters. The van der Waals surface area contributed by atoms with Crippen molar-refractivity contribution in [1.82, 2.24) is 4.90 Å². The van der Waals surface area contributed by atoms with Crippen LogP contribution in [0, 0.1) is 5.41 Å². The predicted octanol–water partition coefficient (Wildman–Crippen LogP) is 1.86. The summed E-state index contributed by atoms with van der Waals surface area (Å²) in [5.41, 5.74) is 6.43. The summed E-state index contributed by atoms with van der Waals surface area (Å²) in [6.07, 6.45) is 2.68. The number of ether oxygens (including phenoxy) is 1. The molecule has 0 aromatic heterocycles. The number of rotatable bonds is 4. The number of hydrogen-bond acceptors (Lipinski definition) is 3. The van der Waals surface area contributed by atoms with Crippen LogP contribution in [0.2, 0.25) is 0 Å². The summed E-state index contributed by atoms with van der Waals surface area (Å²) in [7, 11) is 1.77. The van der Waals surface area contributed by atoms with Crippen LogP contribution in [0.25, 0.3) is 0 Å². The van der Waals surface area contributed by atoms with Crippen LogP contribution < -0.4 is 5.73 Å². The van der Waals surface area contributed by atoms with Crippen LogP contribution in [0.5, 0.6) is 0 Å². The van der Waals surface area contributed by atoms with Crippen molar-refractivity contribution in [2.45, 2.75) is 52.2 Å². The van der Waals surface area contributed by atoms with Gasteiger partial charge in [0.15, 0.2) is 0 Å². The van der Waals surface area contributed by atoms with Gasteiger partial charge in [0, 0.05) is 13.7 Å². The van der Waals surface area contributed by atoms with E-state index in [-0.39, 0.29) is 11.6 Å². The quantitative estimate of drug-likeness (QED) is 0.798. The van der Waals surface area contributed by atoms with Gasteiger partial charge in [0.1, 0.15) is 0 Å². The molecule has 0 aromatic rings. The topological polar surface area (TPSA) is 38.5 Å². The summed E-state index contributed by atoms with van der Waals surface area (Å²) in [4.78, 5) is 2.51. The summed E-state index contributed by atoms with van der Waals surface area (Å²) in [5, 5.41) is 0. The molecule has 1 rings (SSSR count). The lowest BCUT2D eigenvalue weighted by Crippen LogP contribution is -2.61. The summed E-state index contributed by atoms with van der Waals surface area (Å²) < 4.78 is 5.49. The fraction of sp³-hybridized carbons (Fsp3) is 1.00. The molecule has 0 aliphatic carbocycles. The molecule has 96 valence electrons. The molecule has 1 heterocycles. The van der Waals surface area contributed by atoms with Crippen molar-refractivity contribution in [3.8, 4) is 0 Å². The maximum absolute atomic E-state index is 5.96. The molecule has 1 saturated heterocycles. The van der Waals surface area contributed by atoms with Gasteiger partial charge in [-0.1, -0.05) is 13.8 Å². The van der Waals surface area contributed by atoms with Gasteiger partial charge < -0.3 is 10.5 Å². The molecule has 0 radical (unpaired) electrons. The minimum absolute atomic E-state index is 0.0226. The van der Waals surface area contributed by atoms with Crippen LogP contribution in [0.15, 0.2) is 0 Å². The average molecular weight is 228 g/mol. The zero-order chi connectivity index (χ0) is 12.4. The normalized spacial score (nSPS) is 27.4. The molecule has 0 spiro atoms. The molecule has 2 atom stereocenters. The van der Waals surface area contributed by atoms with Crippen LogP contribution in [0.4, 0.5) is 0 Å². The number of nitrogens with zero attached hydrogens (tertiary/aromatic N) is 1. The van der Waals surface area contributed by atoms with Gasteiger partial charge in [-0.2, -0.15) is 0 Å². The Hall–Kier alpha value is -0.120. The van der Waals surface area contributed by atoms with E-state index >= 15 is 0 Å². The van der Waals surface area contributed by atoms with E-state index in [1.54, 1.807) is 7.11 Å². The third kappa shape index (κ3) is 2.76. The molecule has 0 saturated carbocycles. The first kappa shape index (κ1) is 13.9. The van der Waals surface area contributed by atoms with Gasteiger partial charge in [0.2, 0.25) is 0 Å². The molecule has 3 nitrogen and oxygen atoms in total. The number of nitrogens with two attached hydrogens (primary N) is 1. The van der Waals surface area contributed by atoms with E-state index in [1.807, 2.05) is 0 Å². The Kier molecular flexibility index (Phi) is 4.38. The SMILES string of the molecule is COC(C)C(C)(CN)N1CCC(C)(C)CC1. The zero-order valence-corrected chi connectivity index (χ0v) is 11.5. The van der Waals surface area contributed by atoms with E-state index in [1.165, 1.54) is 12.8 Å². The minimum Gasteiger partial charge on any atom is -0.380 e. The van der Waals surface area contributed by atoms with E-state index in [4.69, 9.17) is 10.5 Å². The van der Waals surface area contributed by atoms with Crippen LogP contribution >= 0.6 is 0 Å². The maximum atomic E-state index is 5.96. The van der Waals surface area contributed by atoms with Gasteiger partial charge in [0.25, 0.3) is 0 Å². The lowest BCUT2D eigenvalue weighted by Gasteiger charge is -2.49. The molecule has 1 fully saturated rings. The number of methoxy groups -OCH3 is 1. The van der Waals surface area contributed by atoms with Crippen molar-refractivity contribution >= 4 is 0 Å². The van der Waals surface area contributed by atoms with Gasteiger partial charge in [-0.3, -0.25) is 4.90 Å². The van der Waals surface area contributed by atoms with Crippen LogP contribution in [-0.4, -0.2) is 43.3 Å². The Morgan fingerprint density at radius 3 is 2.25 bits per heavy atom. The van der Waals surface area contributed by atoms with Crippen LogP contribution in [0.3, 0.4) is 0 Å². The first-order chi connectivity index (χ1) is 7.35. The van der Waals surface area contributed by atoms with Gasteiger partial charge in [-0.15, -0.1) is 0 Å². The van der Waals surface area contributed by atoms with E-state index in [0.717, 1.165) is 13.1 Å². The highest BCUT2D eigenvalue weighted by molar-refractivity contribution is 4.95. The molecule has 0 aromatic carbocycles. The largest absolute Gasteiger partial charge is 0.380 e. The molecule has 3 heteroatoms. The number of likely N-dealkylation sites (tertiary alicyclic amines) is 1. The Labute approximate surface area is 100 Å². The highest BCUT2D eigenvalue weighted by Gasteiger charge is 2.39. The predicted molar refractivity (Wildman–Crippen MR) is 68.5 cm³/mol. The lowest BCUT2D eigenvalue weighted by atomic mass is 9.80. The number of hydrogen-bond donors (Lipinski definition) is 1. The molecule has 16 heavy (non-hydrogen) atoms. The number of piperidine rings is 1. The summed E-state index contributed by atoms with van der Waals surface area (Å²) in [6.45, 7) is 12.0. The van der Waals surface area contributed by atoms with E-state index < -0.39 is 0 Å². The first-order valence-corrected chi connectivity index (χ1v) is 6.33. The van der Waals surface area contributed by atoms with E-state index in [0.29, 0.717) is 12.0 Å². The highest BCUT2D eigenvalue weighted by atomic mass is 16.5. The van der Waals surface area contributed by atoms with Crippen molar-refractivity contribution in [1.29, 1.82) is 0 Å². The standard InChI is InChI=1S/C13H28N2O/c1-11(16-5)13(4,10-14)15-8-6-12(2,3)7-9-15/h11H,6-10,14H2,1-5H3. The van der Waals surface area contributed by atoms with Gasteiger partial charge in [-0.05, 0) is 45.2 Å². The second-order valence-electron chi connectivity index (χ2n) is 6.09. The van der Waals surface area contributed by atoms with Gasteiger partial charge in [-0.25, -0.2) is 0 Å². The zero-order valence-electron chi connectivity index (χ0n) is 11.5. The third-order valence-electron chi connectivity index (χ3n) is 4.48. The Balaban J connectivity index is 2.68. The molecule has 2 N–H and O–H groups in total. The fourth-order valence-electron chi connectivity index (χ4n) is 2.43. The molecule has 1 aliphatic rings. The van der Waals surface area contributed by atoms with Crippen LogP contribution in [0.1, 0.15) is 40.5 Å². The third-order valence-corrected chi connectivity index (χ3v) is 4.48. The molecule has 0 bridgehead atoms. The first-order valence-electron chi connectivity index (χ1n) is 6.33. The van der Waals surface area contributed by atoms with Gasteiger partial charge >= 0.3 is 0 Å². The second kappa shape index (κ2) is 5.03. The minimum atomic E-state index is -0.0226. The highest BCUT2D eigenvalue weighted by Crippen LogP contribution is 2.34. The smallest absolute Gasteiger partial charge is 0.0736 e. The van der Waals surface area contributed by atoms with Crippen molar-refractivity contribution in [3.05, 3.63) is 0 Å². The fourth-order valence-corrected chi connectivity index (χ4v) is 2.43. The molecule has 0 amide bonds.